The average molecular weight is 796 g/mol. The van der Waals surface area contributed by atoms with Gasteiger partial charge in [-0.2, -0.15) is 0 Å². The molecular formula is C43H74NO10P. The van der Waals surface area contributed by atoms with Crippen LogP contribution in [0.4, 0.5) is 0 Å². The van der Waals surface area contributed by atoms with Gasteiger partial charge in [0.1, 0.15) is 29.6 Å². The number of hydrogen-bond donors (Lipinski definition) is 2. The van der Waals surface area contributed by atoms with Crippen molar-refractivity contribution in [3.63, 3.8) is 0 Å². The van der Waals surface area contributed by atoms with E-state index >= 15 is 0 Å². The SMILES string of the molecule is CCCCCc1cc(C)c(CCCCCCCCC(=O)OC[C@H](COP(=O)(O)OCCN)OC(=O)CCCCCCCCCCc2oc(CCC)cc2C)o1. The van der Waals surface area contributed by atoms with Gasteiger partial charge in [0.15, 0.2) is 6.10 Å². The molecule has 0 fully saturated rings. The molecule has 0 bridgehead atoms. The largest absolute Gasteiger partial charge is 0.472 e. The minimum Gasteiger partial charge on any atom is -0.466 e. The third kappa shape index (κ3) is 23.4. The van der Waals surface area contributed by atoms with Gasteiger partial charge in [-0.05, 0) is 75.6 Å². The van der Waals surface area contributed by atoms with Crippen molar-refractivity contribution < 1.29 is 46.4 Å². The molecule has 11 nitrogen and oxygen atoms in total. The van der Waals surface area contributed by atoms with Crippen LogP contribution in [0.5, 0.6) is 0 Å². The Balaban J connectivity index is 1.59. The first kappa shape index (κ1) is 48.7. The lowest BCUT2D eigenvalue weighted by Gasteiger charge is -2.19. The molecule has 2 heterocycles. The molecule has 3 N–H and O–H groups in total. The monoisotopic (exact) mass is 796 g/mol. The molecule has 2 rings (SSSR count). The predicted molar refractivity (Wildman–Crippen MR) is 217 cm³/mol. The molecule has 0 amide bonds. The van der Waals surface area contributed by atoms with E-state index in [2.05, 4.69) is 39.8 Å². The van der Waals surface area contributed by atoms with E-state index in [9.17, 15) is 19.0 Å². The molecule has 0 aromatic carbocycles. The van der Waals surface area contributed by atoms with E-state index in [-0.39, 0.29) is 32.6 Å². The number of esters is 2. The fraction of sp³-hybridized carbons (Fsp3) is 0.767. The van der Waals surface area contributed by atoms with E-state index in [4.69, 9.17) is 33.1 Å². The second-order valence-corrected chi connectivity index (χ2v) is 16.4. The van der Waals surface area contributed by atoms with Gasteiger partial charge in [0, 0.05) is 45.1 Å². The first-order valence-corrected chi connectivity index (χ1v) is 22.9. The summed E-state index contributed by atoms with van der Waals surface area (Å²) in [6.07, 6.45) is 22.4. The van der Waals surface area contributed by atoms with Gasteiger partial charge in [0.25, 0.3) is 0 Å². The van der Waals surface area contributed by atoms with Crippen molar-refractivity contribution in [1.82, 2.24) is 0 Å². The van der Waals surface area contributed by atoms with Gasteiger partial charge in [0.05, 0.1) is 13.2 Å². The van der Waals surface area contributed by atoms with Crippen molar-refractivity contribution in [3.05, 3.63) is 46.3 Å². The van der Waals surface area contributed by atoms with Crippen molar-refractivity contribution in [2.75, 3.05) is 26.4 Å². The lowest BCUT2D eigenvalue weighted by molar-refractivity contribution is -0.161. The molecular weight excluding hydrogens is 721 g/mol. The maximum Gasteiger partial charge on any atom is 0.472 e. The number of phosphoric acid groups is 1. The molecule has 12 heteroatoms. The highest BCUT2D eigenvalue weighted by Gasteiger charge is 2.26. The second-order valence-electron chi connectivity index (χ2n) is 15.0. The van der Waals surface area contributed by atoms with E-state index < -0.39 is 32.5 Å². The van der Waals surface area contributed by atoms with Gasteiger partial charge in [0.2, 0.25) is 0 Å². The van der Waals surface area contributed by atoms with E-state index in [1.165, 1.54) is 43.2 Å². The molecule has 2 aromatic rings. The fourth-order valence-electron chi connectivity index (χ4n) is 6.60. The summed E-state index contributed by atoms with van der Waals surface area (Å²) >= 11 is 0. The van der Waals surface area contributed by atoms with E-state index in [1.807, 2.05) is 0 Å². The average Bonchev–Trinajstić information content (AvgIpc) is 3.69. The molecule has 0 saturated heterocycles. The van der Waals surface area contributed by atoms with Crippen LogP contribution in [-0.2, 0) is 58.4 Å². The minimum absolute atomic E-state index is 0.0417. The fourth-order valence-corrected chi connectivity index (χ4v) is 7.36. The van der Waals surface area contributed by atoms with Crippen LogP contribution in [-0.4, -0.2) is 49.3 Å². The highest BCUT2D eigenvalue weighted by atomic mass is 31.2. The summed E-state index contributed by atoms with van der Waals surface area (Å²) in [7, 11) is -4.40. The molecule has 0 aliphatic heterocycles. The summed E-state index contributed by atoms with van der Waals surface area (Å²) in [5, 5.41) is 0. The van der Waals surface area contributed by atoms with Crippen molar-refractivity contribution in [1.29, 1.82) is 0 Å². The first-order valence-electron chi connectivity index (χ1n) is 21.4. The van der Waals surface area contributed by atoms with Crippen LogP contribution in [0.1, 0.15) is 176 Å². The first-order chi connectivity index (χ1) is 26.6. The highest BCUT2D eigenvalue weighted by molar-refractivity contribution is 7.47. The number of ether oxygens (including phenoxy) is 2. The Labute approximate surface area is 331 Å². The Morgan fingerprint density at radius 3 is 1.67 bits per heavy atom. The number of furan rings is 2. The van der Waals surface area contributed by atoms with Crippen LogP contribution in [0, 0.1) is 13.8 Å². The molecule has 0 saturated carbocycles. The number of nitrogens with two attached hydrogens (primary N) is 1. The lowest BCUT2D eigenvalue weighted by Crippen LogP contribution is -2.29. The van der Waals surface area contributed by atoms with Gasteiger partial charge in [-0.25, -0.2) is 4.57 Å². The number of carbonyl (C=O) groups excluding carboxylic acids is 2. The third-order valence-electron chi connectivity index (χ3n) is 9.76. The summed E-state index contributed by atoms with van der Waals surface area (Å²) < 4.78 is 44.9. The van der Waals surface area contributed by atoms with Crippen LogP contribution in [0.15, 0.2) is 21.0 Å². The van der Waals surface area contributed by atoms with Gasteiger partial charge in [-0.15, -0.1) is 0 Å². The predicted octanol–water partition coefficient (Wildman–Crippen LogP) is 10.7. The number of carbonyl (C=O) groups is 2. The Bertz CT molecular complexity index is 1350. The van der Waals surface area contributed by atoms with Crippen molar-refractivity contribution >= 4 is 19.8 Å². The standard InChI is InChI=1S/C43H74NO10P/c1-5-7-18-24-38-32-36(4)41(53-38)26-20-15-12-13-16-21-27-42(45)49-33-39(34-51-55(47,48)50-30-29-44)54-43(46)28-22-17-11-9-8-10-14-19-25-40-35(3)31-37(52-40)23-6-2/h31-32,39H,5-30,33-34,44H2,1-4H3,(H,47,48)/t39-/m1/s1. The normalized spacial score (nSPS) is 13.2. The van der Waals surface area contributed by atoms with E-state index in [0.29, 0.717) is 12.8 Å². The summed E-state index contributed by atoms with van der Waals surface area (Å²) in [6, 6.07) is 4.36. The maximum absolute atomic E-state index is 12.6. The number of aryl methyl sites for hydroxylation is 6. The molecule has 2 aromatic heterocycles. The smallest absolute Gasteiger partial charge is 0.466 e. The Morgan fingerprint density at radius 1 is 0.655 bits per heavy atom. The Morgan fingerprint density at radius 2 is 1.15 bits per heavy atom. The second kappa shape index (κ2) is 29.8. The zero-order chi connectivity index (χ0) is 40.2. The Kier molecular flexibility index (Phi) is 26.4. The van der Waals surface area contributed by atoms with Crippen LogP contribution < -0.4 is 5.73 Å². The summed E-state index contributed by atoms with van der Waals surface area (Å²) in [5.74, 6) is 3.56. The minimum atomic E-state index is -4.40. The summed E-state index contributed by atoms with van der Waals surface area (Å²) in [5.41, 5.74) is 7.86. The van der Waals surface area contributed by atoms with Gasteiger partial charge in [-0.1, -0.05) is 90.9 Å². The third-order valence-corrected chi connectivity index (χ3v) is 10.7. The lowest BCUT2D eigenvalue weighted by atomic mass is 10.1. The molecule has 0 aliphatic carbocycles. The van der Waals surface area contributed by atoms with Crippen LogP contribution >= 0.6 is 7.82 Å². The Hall–Kier alpha value is -2.43. The molecule has 1 unspecified atom stereocenters. The molecule has 0 spiro atoms. The molecule has 2 atom stereocenters. The summed E-state index contributed by atoms with van der Waals surface area (Å²) in [4.78, 5) is 35.0. The number of rotatable bonds is 35. The van der Waals surface area contributed by atoms with E-state index in [1.54, 1.807) is 0 Å². The molecule has 0 radical (unpaired) electrons. The maximum atomic E-state index is 12.6. The summed E-state index contributed by atoms with van der Waals surface area (Å²) in [6.45, 7) is 7.79. The van der Waals surface area contributed by atoms with Crippen molar-refractivity contribution in [2.45, 2.75) is 188 Å². The van der Waals surface area contributed by atoms with Gasteiger partial charge >= 0.3 is 19.8 Å². The number of phosphoric ester groups is 1. The van der Waals surface area contributed by atoms with Crippen LogP contribution in [0.25, 0.3) is 0 Å². The van der Waals surface area contributed by atoms with Crippen LogP contribution in [0.3, 0.4) is 0 Å². The zero-order valence-corrected chi connectivity index (χ0v) is 35.6. The van der Waals surface area contributed by atoms with Crippen LogP contribution in [0.2, 0.25) is 0 Å². The molecule has 0 aliphatic rings. The topological polar surface area (TPSA) is 161 Å². The van der Waals surface area contributed by atoms with Gasteiger partial charge in [-0.3, -0.25) is 18.6 Å². The molecule has 316 valence electrons. The number of hydrogen-bond acceptors (Lipinski definition) is 10. The van der Waals surface area contributed by atoms with Crippen molar-refractivity contribution in [2.24, 2.45) is 5.73 Å². The molecule has 55 heavy (non-hydrogen) atoms. The number of unbranched alkanes of at least 4 members (excludes halogenated alkanes) is 14. The van der Waals surface area contributed by atoms with Crippen molar-refractivity contribution in [3.8, 4) is 0 Å². The quantitative estimate of drug-likeness (QED) is 0.0388. The zero-order valence-electron chi connectivity index (χ0n) is 34.7. The highest BCUT2D eigenvalue weighted by Crippen LogP contribution is 2.43. The van der Waals surface area contributed by atoms with E-state index in [0.717, 1.165) is 119 Å². The van der Waals surface area contributed by atoms with Gasteiger partial charge < -0.3 is 28.9 Å².